The number of urea groups is 1. The van der Waals surface area contributed by atoms with Gasteiger partial charge < -0.3 is 22.1 Å². The predicted molar refractivity (Wildman–Crippen MR) is 124 cm³/mol. The van der Waals surface area contributed by atoms with E-state index in [1.807, 2.05) is 49.4 Å². The van der Waals surface area contributed by atoms with E-state index in [-0.39, 0.29) is 37.4 Å². The topological polar surface area (TPSA) is 116 Å². The zero-order chi connectivity index (χ0) is 24.1. The largest absolute Gasteiger partial charge is 1.00 e. The third kappa shape index (κ3) is 6.79. The molecule has 0 saturated carbocycles. The van der Waals surface area contributed by atoms with Crippen LogP contribution in [0, 0.1) is 6.92 Å². The van der Waals surface area contributed by atoms with Crippen LogP contribution in [-0.2, 0) is 20.8 Å². The molecule has 8 nitrogen and oxygen atoms in total. The average Bonchev–Trinajstić information content (AvgIpc) is 2.76. The van der Waals surface area contributed by atoms with E-state index >= 15 is 0 Å². The summed E-state index contributed by atoms with van der Waals surface area (Å²) in [5, 5.41) is 14.4. The average molecular weight is 474 g/mol. The van der Waals surface area contributed by atoms with Gasteiger partial charge in [0.1, 0.15) is 0 Å². The number of likely N-dealkylation sites (N-methyl/N-ethyl adjacent to an activating group) is 1. The minimum atomic E-state index is -1.35. The Bertz CT molecular complexity index is 1140. The van der Waals surface area contributed by atoms with Gasteiger partial charge in [-0.25, -0.2) is 4.79 Å². The van der Waals surface area contributed by atoms with E-state index in [4.69, 9.17) is 0 Å². The summed E-state index contributed by atoms with van der Waals surface area (Å²) in [6.45, 7) is 3.59. The van der Waals surface area contributed by atoms with Crippen molar-refractivity contribution in [3.05, 3.63) is 82.6 Å². The SMILES string of the molecule is CC1=CN(C)C(=O)C(NC(=O)N[C@@H](CC(=O)O)c2cccc(Cc3ccccc3C)c2)C1=O.[H-].[Na+]. The van der Waals surface area contributed by atoms with Crippen LogP contribution in [0.25, 0.3) is 0 Å². The fourth-order valence-electron chi connectivity index (χ4n) is 3.79. The number of nitrogens with one attached hydrogen (secondary N) is 2. The first-order valence-corrected chi connectivity index (χ1v) is 10.6. The smallest absolute Gasteiger partial charge is 1.00 e. The maximum atomic E-state index is 12.6. The molecule has 1 heterocycles. The number of carboxylic acids is 1. The Hall–Kier alpha value is -2.94. The number of hydrogen-bond donors (Lipinski definition) is 3. The Morgan fingerprint density at radius 1 is 1.12 bits per heavy atom. The molecule has 0 aliphatic carbocycles. The van der Waals surface area contributed by atoms with E-state index in [2.05, 4.69) is 10.6 Å². The van der Waals surface area contributed by atoms with Crippen LogP contribution in [0.3, 0.4) is 0 Å². The number of aryl methyl sites for hydroxylation is 1. The molecule has 3 N–H and O–H groups in total. The summed E-state index contributed by atoms with van der Waals surface area (Å²) in [7, 11) is 1.50. The van der Waals surface area contributed by atoms with Crippen molar-refractivity contribution in [1.82, 2.24) is 15.5 Å². The molecule has 3 amide bonds. The third-order valence-electron chi connectivity index (χ3n) is 5.60. The summed E-state index contributed by atoms with van der Waals surface area (Å²) in [6.07, 6.45) is 1.72. The van der Waals surface area contributed by atoms with Crippen LogP contribution in [0.1, 0.15) is 43.1 Å². The molecule has 3 rings (SSSR count). The van der Waals surface area contributed by atoms with Crippen molar-refractivity contribution >= 4 is 23.7 Å². The number of amides is 3. The minimum Gasteiger partial charge on any atom is -1.00 e. The van der Waals surface area contributed by atoms with Crippen LogP contribution >= 0.6 is 0 Å². The normalized spacial score (nSPS) is 16.3. The molecule has 2 atom stereocenters. The molecule has 0 radical (unpaired) electrons. The molecule has 9 heteroatoms. The molecule has 0 aromatic heterocycles. The Morgan fingerprint density at radius 3 is 2.50 bits per heavy atom. The Kier molecular flexibility index (Phi) is 9.61. The van der Waals surface area contributed by atoms with Crippen LogP contribution in [0.2, 0.25) is 0 Å². The molecule has 0 bridgehead atoms. The molecule has 34 heavy (non-hydrogen) atoms. The monoisotopic (exact) mass is 473 g/mol. The molecular formula is C25H28N3NaO5. The zero-order valence-electron chi connectivity index (χ0n) is 20.8. The number of hydrogen-bond acceptors (Lipinski definition) is 4. The number of rotatable bonds is 7. The second-order valence-corrected chi connectivity index (χ2v) is 8.18. The maximum absolute atomic E-state index is 12.6. The number of carboxylic acid groups (broad SMARTS) is 1. The molecule has 1 aliphatic heterocycles. The Morgan fingerprint density at radius 2 is 1.82 bits per heavy atom. The van der Waals surface area contributed by atoms with Crippen LogP contribution in [-0.4, -0.2) is 46.8 Å². The molecule has 1 unspecified atom stereocenters. The number of carbonyl (C=O) groups is 4. The summed E-state index contributed by atoms with van der Waals surface area (Å²) in [5.74, 6) is -2.15. The number of nitrogens with zero attached hydrogens (tertiary/aromatic N) is 1. The molecule has 0 spiro atoms. The van der Waals surface area contributed by atoms with E-state index in [0.29, 0.717) is 17.6 Å². The van der Waals surface area contributed by atoms with Gasteiger partial charge in [-0.15, -0.1) is 0 Å². The third-order valence-corrected chi connectivity index (χ3v) is 5.60. The van der Waals surface area contributed by atoms with Gasteiger partial charge in [0.15, 0.2) is 11.8 Å². The van der Waals surface area contributed by atoms with E-state index in [0.717, 1.165) is 16.7 Å². The van der Waals surface area contributed by atoms with Crippen molar-refractivity contribution in [3.8, 4) is 0 Å². The van der Waals surface area contributed by atoms with Crippen molar-refractivity contribution < 1.29 is 55.3 Å². The van der Waals surface area contributed by atoms with Gasteiger partial charge in [-0.2, -0.15) is 0 Å². The summed E-state index contributed by atoms with van der Waals surface area (Å²) in [5.41, 5.74) is 4.23. The summed E-state index contributed by atoms with van der Waals surface area (Å²) in [4.78, 5) is 50.0. The van der Waals surface area contributed by atoms with E-state index in [1.165, 1.54) is 18.1 Å². The number of carbonyl (C=O) groups excluding carboxylic acids is 3. The standard InChI is InChI=1S/C25H27N3O5.Na.H/c1-15-7-4-5-9-18(15)11-17-8-6-10-19(12-17)20(13-21(29)30)26-25(33)27-22-23(31)16(2)14-28(3)24(22)32;;/h4-10,12,14,20,22H,11,13H2,1-3H3,(H,29,30)(H2,26,27,33);;/q;+1;-1/t20-,22?;;/m0../s1. The molecule has 0 fully saturated rings. The number of aliphatic carboxylic acids is 1. The van der Waals surface area contributed by atoms with Gasteiger partial charge in [-0.3, -0.25) is 14.4 Å². The summed E-state index contributed by atoms with van der Waals surface area (Å²) >= 11 is 0. The quantitative estimate of drug-likeness (QED) is 0.382. The first-order chi connectivity index (χ1) is 15.7. The van der Waals surface area contributed by atoms with Crippen molar-refractivity contribution in [2.75, 3.05) is 7.05 Å². The number of benzene rings is 2. The first-order valence-electron chi connectivity index (χ1n) is 10.6. The molecule has 1 aliphatic rings. The molecule has 2 aromatic rings. The van der Waals surface area contributed by atoms with Gasteiger partial charge in [0, 0.05) is 18.8 Å². The molecule has 2 aromatic carbocycles. The van der Waals surface area contributed by atoms with Gasteiger partial charge in [-0.1, -0.05) is 48.5 Å². The van der Waals surface area contributed by atoms with Crippen LogP contribution in [0.5, 0.6) is 0 Å². The Labute approximate surface area is 222 Å². The van der Waals surface area contributed by atoms with Crippen LogP contribution < -0.4 is 40.2 Å². The van der Waals surface area contributed by atoms with Crippen molar-refractivity contribution in [3.63, 3.8) is 0 Å². The first kappa shape index (κ1) is 27.3. The minimum absolute atomic E-state index is 0. The van der Waals surface area contributed by atoms with E-state index < -0.39 is 35.8 Å². The summed E-state index contributed by atoms with van der Waals surface area (Å²) < 4.78 is 0. The molecule has 0 saturated heterocycles. The number of Topliss-reactive ketones (excluding diaryl/α,β-unsaturated/α-hetero) is 1. The predicted octanol–water partition coefficient (Wildman–Crippen LogP) is -0.169. The molecule has 174 valence electrons. The second kappa shape index (κ2) is 12.0. The van der Waals surface area contributed by atoms with E-state index in [9.17, 15) is 24.3 Å². The van der Waals surface area contributed by atoms with Gasteiger partial charge in [0.2, 0.25) is 0 Å². The van der Waals surface area contributed by atoms with Crippen molar-refractivity contribution in [1.29, 1.82) is 0 Å². The zero-order valence-corrected chi connectivity index (χ0v) is 21.8. The summed E-state index contributed by atoms with van der Waals surface area (Å²) in [6, 6.07) is 12.4. The fraction of sp³-hybridized carbons (Fsp3) is 0.280. The maximum Gasteiger partial charge on any atom is 1.00 e. The number of ketones is 1. The van der Waals surface area contributed by atoms with Crippen molar-refractivity contribution in [2.24, 2.45) is 0 Å². The van der Waals surface area contributed by atoms with Crippen LogP contribution in [0.15, 0.2) is 60.3 Å². The van der Waals surface area contributed by atoms with Gasteiger partial charge >= 0.3 is 41.6 Å². The van der Waals surface area contributed by atoms with Gasteiger partial charge in [0.25, 0.3) is 5.91 Å². The van der Waals surface area contributed by atoms with Gasteiger partial charge in [0.05, 0.1) is 12.5 Å². The van der Waals surface area contributed by atoms with Crippen LogP contribution in [0.4, 0.5) is 4.79 Å². The molecular weight excluding hydrogens is 445 g/mol. The van der Waals surface area contributed by atoms with E-state index in [1.54, 1.807) is 13.0 Å². The van der Waals surface area contributed by atoms with Gasteiger partial charge in [-0.05, 0) is 42.5 Å². The fourth-order valence-corrected chi connectivity index (χ4v) is 3.79. The Balaban J connectivity index is 0.00000306. The second-order valence-electron chi connectivity index (χ2n) is 8.18. The van der Waals surface area contributed by atoms with Crippen molar-refractivity contribution in [2.45, 2.75) is 38.8 Å².